The summed E-state index contributed by atoms with van der Waals surface area (Å²) in [6, 6.07) is 7.06. The van der Waals surface area contributed by atoms with Gasteiger partial charge in [-0.15, -0.1) is 0 Å². The lowest BCUT2D eigenvalue weighted by Crippen LogP contribution is -2.45. The highest BCUT2D eigenvalue weighted by Crippen LogP contribution is 2.26. The fraction of sp³-hybridized carbons (Fsp3) is 0.556. The van der Waals surface area contributed by atoms with Gasteiger partial charge in [-0.1, -0.05) is 17.3 Å². The van der Waals surface area contributed by atoms with Gasteiger partial charge in [0, 0.05) is 32.5 Å². The van der Waals surface area contributed by atoms with Gasteiger partial charge in [0.15, 0.2) is 5.82 Å². The molecule has 3 heterocycles. The summed E-state index contributed by atoms with van der Waals surface area (Å²) in [5, 5.41) is 7.71. The van der Waals surface area contributed by atoms with E-state index in [2.05, 4.69) is 38.6 Å². The molecule has 0 saturated carbocycles. The number of aromatic nitrogens is 2. The number of hydrogen-bond donors (Lipinski definition) is 1. The van der Waals surface area contributed by atoms with Crippen molar-refractivity contribution in [3.8, 4) is 5.75 Å². The van der Waals surface area contributed by atoms with Crippen molar-refractivity contribution < 1.29 is 9.26 Å². The summed E-state index contributed by atoms with van der Waals surface area (Å²) >= 11 is 0. The number of benzene rings is 1. The maximum atomic E-state index is 5.57. The number of aryl methyl sites for hydroxylation is 1. The molecule has 0 unspecified atom stereocenters. The van der Waals surface area contributed by atoms with Crippen LogP contribution < -0.4 is 10.1 Å². The molecule has 0 amide bonds. The fourth-order valence-electron chi connectivity index (χ4n) is 3.58. The van der Waals surface area contributed by atoms with Gasteiger partial charge in [0.05, 0.1) is 13.2 Å². The Morgan fingerprint density at radius 3 is 3.21 bits per heavy atom. The second kappa shape index (κ2) is 6.91. The number of likely N-dealkylation sites (tertiary alicyclic amines) is 1. The molecule has 1 fully saturated rings. The standard InChI is InChI=1S/C18H24N4O2/c1-13-20-18(21-24-13)12-22-7-2-3-16(11-22)19-10-14-4-5-17-15(9-14)6-8-23-17/h4-5,9,16,19H,2-3,6-8,10-12H2,1H3/t16-/m1/s1. The Morgan fingerprint density at radius 1 is 1.38 bits per heavy atom. The SMILES string of the molecule is Cc1nc(CN2CCC[C@@H](NCc3ccc4c(c3)CCO4)C2)no1. The molecular weight excluding hydrogens is 304 g/mol. The molecule has 0 spiro atoms. The molecule has 1 aromatic carbocycles. The molecule has 24 heavy (non-hydrogen) atoms. The molecule has 1 atom stereocenters. The van der Waals surface area contributed by atoms with E-state index in [0.29, 0.717) is 11.9 Å². The van der Waals surface area contributed by atoms with Crippen molar-refractivity contribution in [3.05, 3.63) is 41.0 Å². The normalized spacial score (nSPS) is 20.8. The second-order valence-electron chi connectivity index (χ2n) is 6.73. The van der Waals surface area contributed by atoms with Crippen molar-refractivity contribution in [3.63, 3.8) is 0 Å². The van der Waals surface area contributed by atoms with Crippen molar-refractivity contribution in [2.45, 2.75) is 45.3 Å². The quantitative estimate of drug-likeness (QED) is 0.906. The summed E-state index contributed by atoms with van der Waals surface area (Å²) < 4.78 is 10.6. The first-order valence-electron chi connectivity index (χ1n) is 8.76. The molecule has 6 heteroatoms. The largest absolute Gasteiger partial charge is 0.493 e. The Labute approximate surface area is 142 Å². The fourth-order valence-corrected chi connectivity index (χ4v) is 3.58. The zero-order chi connectivity index (χ0) is 16.4. The van der Waals surface area contributed by atoms with Gasteiger partial charge in [0.25, 0.3) is 0 Å². The molecule has 2 aromatic rings. The topological polar surface area (TPSA) is 63.4 Å². The lowest BCUT2D eigenvalue weighted by atomic mass is 10.0. The molecule has 6 nitrogen and oxygen atoms in total. The number of ether oxygens (including phenoxy) is 1. The van der Waals surface area contributed by atoms with E-state index < -0.39 is 0 Å². The minimum Gasteiger partial charge on any atom is -0.493 e. The van der Waals surface area contributed by atoms with Gasteiger partial charge in [-0.3, -0.25) is 4.90 Å². The summed E-state index contributed by atoms with van der Waals surface area (Å²) in [5.41, 5.74) is 2.68. The monoisotopic (exact) mass is 328 g/mol. The van der Waals surface area contributed by atoms with Crippen LogP contribution in [0.4, 0.5) is 0 Å². The minimum absolute atomic E-state index is 0.510. The summed E-state index contributed by atoms with van der Waals surface area (Å²) in [5.74, 6) is 2.47. The molecule has 1 N–H and O–H groups in total. The maximum absolute atomic E-state index is 5.57. The Kier molecular flexibility index (Phi) is 4.49. The second-order valence-corrected chi connectivity index (χ2v) is 6.73. The first-order valence-corrected chi connectivity index (χ1v) is 8.76. The molecule has 1 saturated heterocycles. The van der Waals surface area contributed by atoms with Gasteiger partial charge in [-0.05, 0) is 36.6 Å². The first-order chi connectivity index (χ1) is 11.8. The number of fused-ring (bicyclic) bond motifs is 1. The van der Waals surface area contributed by atoms with Crippen molar-refractivity contribution in [1.29, 1.82) is 0 Å². The van der Waals surface area contributed by atoms with E-state index in [1.165, 1.54) is 24.0 Å². The van der Waals surface area contributed by atoms with Gasteiger partial charge in [0.1, 0.15) is 5.75 Å². The minimum atomic E-state index is 0.510. The molecule has 0 bridgehead atoms. The highest BCUT2D eigenvalue weighted by molar-refractivity contribution is 5.39. The highest BCUT2D eigenvalue weighted by Gasteiger charge is 2.21. The van der Waals surface area contributed by atoms with Crippen LogP contribution in [0, 0.1) is 6.92 Å². The number of nitrogens with zero attached hydrogens (tertiary/aromatic N) is 3. The van der Waals surface area contributed by atoms with Crippen LogP contribution in [-0.2, 0) is 19.5 Å². The number of piperidine rings is 1. The summed E-state index contributed by atoms with van der Waals surface area (Å²) in [4.78, 5) is 6.71. The van der Waals surface area contributed by atoms with E-state index >= 15 is 0 Å². The summed E-state index contributed by atoms with van der Waals surface area (Å²) in [7, 11) is 0. The first kappa shape index (κ1) is 15.6. The lowest BCUT2D eigenvalue weighted by molar-refractivity contribution is 0.177. The third-order valence-electron chi connectivity index (χ3n) is 4.79. The Bertz CT molecular complexity index is 700. The van der Waals surface area contributed by atoms with Crippen LogP contribution in [0.25, 0.3) is 0 Å². The maximum Gasteiger partial charge on any atom is 0.223 e. The molecule has 2 aliphatic rings. The van der Waals surface area contributed by atoms with Crippen LogP contribution in [0.5, 0.6) is 5.75 Å². The van der Waals surface area contributed by atoms with Crippen LogP contribution in [0.2, 0.25) is 0 Å². The summed E-state index contributed by atoms with van der Waals surface area (Å²) in [6.45, 7) is 6.46. The van der Waals surface area contributed by atoms with Gasteiger partial charge in [-0.2, -0.15) is 4.98 Å². The third-order valence-corrected chi connectivity index (χ3v) is 4.79. The Balaban J connectivity index is 1.30. The van der Waals surface area contributed by atoms with Crippen molar-refractivity contribution in [1.82, 2.24) is 20.4 Å². The highest BCUT2D eigenvalue weighted by atomic mass is 16.5. The van der Waals surface area contributed by atoms with Gasteiger partial charge >= 0.3 is 0 Å². The van der Waals surface area contributed by atoms with Gasteiger partial charge < -0.3 is 14.6 Å². The Morgan fingerprint density at radius 2 is 2.33 bits per heavy atom. The predicted octanol–water partition coefficient (Wildman–Crippen LogP) is 2.07. The predicted molar refractivity (Wildman–Crippen MR) is 89.8 cm³/mol. The van der Waals surface area contributed by atoms with E-state index in [-0.39, 0.29) is 0 Å². The Hall–Kier alpha value is -1.92. The van der Waals surface area contributed by atoms with E-state index in [1.807, 2.05) is 6.92 Å². The molecule has 1 aromatic heterocycles. The number of nitrogens with one attached hydrogen (secondary N) is 1. The van der Waals surface area contributed by atoms with Crippen LogP contribution >= 0.6 is 0 Å². The molecule has 4 rings (SSSR count). The smallest absolute Gasteiger partial charge is 0.223 e. The lowest BCUT2D eigenvalue weighted by Gasteiger charge is -2.32. The van der Waals surface area contributed by atoms with Crippen LogP contribution in [0.3, 0.4) is 0 Å². The van der Waals surface area contributed by atoms with Crippen LogP contribution in [-0.4, -0.2) is 40.8 Å². The molecule has 128 valence electrons. The molecule has 0 radical (unpaired) electrons. The van der Waals surface area contributed by atoms with Gasteiger partial charge in [-0.25, -0.2) is 0 Å². The number of rotatable bonds is 5. The van der Waals surface area contributed by atoms with Crippen molar-refractivity contribution >= 4 is 0 Å². The van der Waals surface area contributed by atoms with E-state index in [0.717, 1.165) is 50.8 Å². The summed E-state index contributed by atoms with van der Waals surface area (Å²) in [6.07, 6.45) is 3.45. The van der Waals surface area contributed by atoms with Crippen molar-refractivity contribution in [2.24, 2.45) is 0 Å². The number of hydrogen-bond acceptors (Lipinski definition) is 6. The average Bonchev–Trinajstić information content (AvgIpc) is 3.21. The zero-order valence-electron chi connectivity index (χ0n) is 14.1. The van der Waals surface area contributed by atoms with Crippen molar-refractivity contribution in [2.75, 3.05) is 19.7 Å². The molecule has 0 aliphatic carbocycles. The zero-order valence-corrected chi connectivity index (χ0v) is 14.1. The van der Waals surface area contributed by atoms with E-state index in [9.17, 15) is 0 Å². The van der Waals surface area contributed by atoms with Crippen LogP contribution in [0.15, 0.2) is 22.7 Å². The average molecular weight is 328 g/mol. The van der Waals surface area contributed by atoms with Gasteiger partial charge in [0.2, 0.25) is 5.89 Å². The van der Waals surface area contributed by atoms with E-state index in [4.69, 9.17) is 9.26 Å². The van der Waals surface area contributed by atoms with E-state index in [1.54, 1.807) is 0 Å². The van der Waals surface area contributed by atoms with Crippen LogP contribution in [0.1, 0.15) is 35.7 Å². The molecule has 2 aliphatic heterocycles. The molecular formula is C18H24N4O2. The third kappa shape index (κ3) is 3.60.